The summed E-state index contributed by atoms with van der Waals surface area (Å²) in [6.45, 7) is 0. The van der Waals surface area contributed by atoms with Gasteiger partial charge in [0.2, 0.25) is 0 Å². The molecule has 0 spiro atoms. The highest BCUT2D eigenvalue weighted by atomic mass is 19.1. The molecule has 1 fully saturated rings. The Morgan fingerprint density at radius 1 is 1.00 bits per heavy atom. The summed E-state index contributed by atoms with van der Waals surface area (Å²) in [5.41, 5.74) is 5.51. The molecule has 0 amide bonds. The molecule has 0 aliphatic heterocycles. The summed E-state index contributed by atoms with van der Waals surface area (Å²) in [5.74, 6) is 0.931. The van der Waals surface area contributed by atoms with Crippen LogP contribution in [0.4, 0.5) is 15.8 Å². The third-order valence-electron chi connectivity index (χ3n) is 5.29. The smallest absolute Gasteiger partial charge is 0.125 e. The summed E-state index contributed by atoms with van der Waals surface area (Å²) in [7, 11) is 0. The summed E-state index contributed by atoms with van der Waals surface area (Å²) in [4.78, 5) is 4.82. The van der Waals surface area contributed by atoms with Crippen molar-refractivity contribution in [3.63, 3.8) is 0 Å². The molecule has 3 aromatic rings. The van der Waals surface area contributed by atoms with Crippen molar-refractivity contribution in [1.29, 1.82) is 0 Å². The number of hydrogen-bond acceptors (Lipinski definition) is 2. The Kier molecular flexibility index (Phi) is 2.72. The first-order valence-electron chi connectivity index (χ1n) is 8.25. The number of pyridine rings is 1. The largest absolute Gasteiger partial charge is 0.355 e. The number of benzene rings is 2. The summed E-state index contributed by atoms with van der Waals surface area (Å²) >= 11 is 0. The number of rotatable bonds is 2. The van der Waals surface area contributed by atoms with Crippen molar-refractivity contribution < 1.29 is 4.39 Å². The molecule has 2 bridgehead atoms. The van der Waals surface area contributed by atoms with E-state index in [1.54, 1.807) is 6.07 Å². The number of nitrogens with zero attached hydrogens (tertiary/aromatic N) is 1. The highest BCUT2D eigenvalue weighted by Crippen LogP contribution is 2.56. The van der Waals surface area contributed by atoms with Crippen LogP contribution in [0, 0.1) is 5.82 Å². The maximum absolute atomic E-state index is 13.7. The highest BCUT2D eigenvalue weighted by Gasteiger charge is 2.40. The third kappa shape index (κ3) is 1.96. The molecule has 23 heavy (non-hydrogen) atoms. The topological polar surface area (TPSA) is 24.9 Å². The fraction of sp³-hybridized carbons (Fsp3) is 0.250. The second-order valence-electron chi connectivity index (χ2n) is 6.65. The van der Waals surface area contributed by atoms with E-state index in [0.29, 0.717) is 11.8 Å². The first-order valence-corrected chi connectivity index (χ1v) is 8.25. The third-order valence-corrected chi connectivity index (χ3v) is 5.29. The van der Waals surface area contributed by atoms with E-state index in [9.17, 15) is 4.39 Å². The molecule has 5 rings (SSSR count). The number of halogens is 1. The molecule has 0 saturated heterocycles. The number of aromatic nitrogens is 1. The maximum Gasteiger partial charge on any atom is 0.125 e. The number of para-hydroxylation sites is 1. The molecule has 2 nitrogen and oxygen atoms in total. The van der Waals surface area contributed by atoms with Crippen LogP contribution < -0.4 is 5.32 Å². The van der Waals surface area contributed by atoms with E-state index < -0.39 is 0 Å². The van der Waals surface area contributed by atoms with Crippen LogP contribution in [0.2, 0.25) is 0 Å². The normalized spacial score (nSPS) is 21.6. The maximum atomic E-state index is 13.7. The van der Waals surface area contributed by atoms with Gasteiger partial charge < -0.3 is 5.32 Å². The number of anilines is 2. The Balaban J connectivity index is 1.77. The molecule has 1 saturated carbocycles. The monoisotopic (exact) mass is 304 g/mol. The Morgan fingerprint density at radius 3 is 2.70 bits per heavy atom. The van der Waals surface area contributed by atoms with Crippen LogP contribution in [0.1, 0.15) is 42.4 Å². The molecule has 2 atom stereocenters. The molecule has 1 heterocycles. The summed E-state index contributed by atoms with van der Waals surface area (Å²) in [6.07, 6.45) is 3.66. The SMILES string of the molecule is Fc1ccc2c(Nc3ccccc3)c3c(nc2c1)C1CCC3C1. The van der Waals surface area contributed by atoms with Crippen molar-refractivity contribution >= 4 is 22.3 Å². The van der Waals surface area contributed by atoms with Crippen LogP contribution in [0.25, 0.3) is 10.9 Å². The number of hydrogen-bond donors (Lipinski definition) is 1. The molecule has 0 radical (unpaired) electrons. The van der Waals surface area contributed by atoms with Gasteiger partial charge in [-0.2, -0.15) is 0 Å². The first kappa shape index (κ1) is 13.1. The molecular weight excluding hydrogens is 287 g/mol. The molecule has 2 unspecified atom stereocenters. The van der Waals surface area contributed by atoms with Crippen LogP contribution in [0.3, 0.4) is 0 Å². The minimum absolute atomic E-state index is 0.223. The lowest BCUT2D eigenvalue weighted by Gasteiger charge is -2.21. The van der Waals surface area contributed by atoms with E-state index in [2.05, 4.69) is 17.4 Å². The van der Waals surface area contributed by atoms with Crippen LogP contribution in [0.15, 0.2) is 48.5 Å². The van der Waals surface area contributed by atoms with Crippen LogP contribution in [-0.4, -0.2) is 4.98 Å². The van der Waals surface area contributed by atoms with Crippen LogP contribution >= 0.6 is 0 Å². The van der Waals surface area contributed by atoms with Gasteiger partial charge in [-0.15, -0.1) is 0 Å². The number of fused-ring (bicyclic) bond motifs is 6. The summed E-state index contributed by atoms with van der Waals surface area (Å²) in [6, 6.07) is 15.1. The van der Waals surface area contributed by atoms with Gasteiger partial charge in [0, 0.05) is 34.3 Å². The average Bonchev–Trinajstić information content (AvgIpc) is 3.17. The van der Waals surface area contributed by atoms with Gasteiger partial charge in [0.25, 0.3) is 0 Å². The fourth-order valence-corrected chi connectivity index (χ4v) is 4.29. The second-order valence-corrected chi connectivity index (χ2v) is 6.65. The van der Waals surface area contributed by atoms with E-state index in [1.807, 2.05) is 24.3 Å². The molecule has 3 heteroatoms. The van der Waals surface area contributed by atoms with Gasteiger partial charge in [-0.1, -0.05) is 18.2 Å². The van der Waals surface area contributed by atoms with Gasteiger partial charge in [-0.3, -0.25) is 4.98 Å². The number of nitrogens with one attached hydrogen (secondary N) is 1. The van der Waals surface area contributed by atoms with Gasteiger partial charge in [0.05, 0.1) is 11.2 Å². The lowest BCUT2D eigenvalue weighted by atomic mass is 9.92. The van der Waals surface area contributed by atoms with E-state index >= 15 is 0 Å². The summed E-state index contributed by atoms with van der Waals surface area (Å²) in [5, 5.41) is 4.60. The standard InChI is InChI=1S/C20H17FN2/c21-14-8-9-16-17(11-14)23-19-13-7-6-12(10-13)18(19)20(16)22-15-4-2-1-3-5-15/h1-5,8-9,11-13H,6-7,10H2,(H,22,23). The van der Waals surface area contributed by atoms with E-state index in [0.717, 1.165) is 22.3 Å². The zero-order valence-corrected chi connectivity index (χ0v) is 12.7. The predicted octanol–water partition coefficient (Wildman–Crippen LogP) is 5.48. The Morgan fingerprint density at radius 2 is 1.83 bits per heavy atom. The van der Waals surface area contributed by atoms with Gasteiger partial charge >= 0.3 is 0 Å². The first-order chi connectivity index (χ1) is 11.3. The van der Waals surface area contributed by atoms with Gasteiger partial charge in [-0.25, -0.2) is 4.39 Å². The lowest BCUT2D eigenvalue weighted by molar-refractivity contribution is 0.629. The average molecular weight is 304 g/mol. The van der Waals surface area contributed by atoms with Crippen LogP contribution in [0.5, 0.6) is 0 Å². The summed E-state index contributed by atoms with van der Waals surface area (Å²) < 4.78 is 13.7. The predicted molar refractivity (Wildman–Crippen MR) is 90.8 cm³/mol. The molecule has 2 aromatic carbocycles. The quantitative estimate of drug-likeness (QED) is 0.678. The minimum Gasteiger partial charge on any atom is -0.355 e. The molecule has 2 aliphatic carbocycles. The van der Waals surface area contributed by atoms with Crippen molar-refractivity contribution in [2.24, 2.45) is 0 Å². The van der Waals surface area contributed by atoms with Crippen molar-refractivity contribution in [2.75, 3.05) is 5.32 Å². The zero-order chi connectivity index (χ0) is 15.4. The van der Waals surface area contributed by atoms with Crippen molar-refractivity contribution in [3.8, 4) is 0 Å². The van der Waals surface area contributed by atoms with Crippen molar-refractivity contribution in [3.05, 3.63) is 65.6 Å². The van der Waals surface area contributed by atoms with E-state index in [1.165, 1.54) is 36.6 Å². The zero-order valence-electron chi connectivity index (χ0n) is 12.7. The molecule has 2 aliphatic rings. The minimum atomic E-state index is -0.223. The molecular formula is C20H17FN2. The van der Waals surface area contributed by atoms with Crippen molar-refractivity contribution in [2.45, 2.75) is 31.1 Å². The Hall–Kier alpha value is -2.42. The van der Waals surface area contributed by atoms with Crippen molar-refractivity contribution in [1.82, 2.24) is 4.98 Å². The van der Waals surface area contributed by atoms with Gasteiger partial charge in [0.15, 0.2) is 0 Å². The molecule has 1 aromatic heterocycles. The van der Waals surface area contributed by atoms with Gasteiger partial charge in [0.1, 0.15) is 5.82 Å². The highest BCUT2D eigenvalue weighted by molar-refractivity contribution is 5.96. The van der Waals surface area contributed by atoms with Crippen LogP contribution in [-0.2, 0) is 0 Å². The Bertz CT molecular complexity index is 904. The Labute approximate surface area is 134 Å². The second kappa shape index (κ2) is 4.79. The molecule has 114 valence electrons. The lowest BCUT2D eigenvalue weighted by Crippen LogP contribution is -2.06. The van der Waals surface area contributed by atoms with Gasteiger partial charge in [-0.05, 0) is 49.4 Å². The van der Waals surface area contributed by atoms with E-state index in [4.69, 9.17) is 4.98 Å². The molecule has 1 N–H and O–H groups in total. The van der Waals surface area contributed by atoms with E-state index in [-0.39, 0.29) is 5.82 Å². The fourth-order valence-electron chi connectivity index (χ4n) is 4.29.